The molecule has 0 fully saturated rings. The molecule has 2 heterocycles. The van der Waals surface area contributed by atoms with Crippen molar-refractivity contribution in [3.8, 4) is 0 Å². The van der Waals surface area contributed by atoms with E-state index in [1.54, 1.807) is 18.5 Å². The van der Waals surface area contributed by atoms with Gasteiger partial charge in [0.1, 0.15) is 6.61 Å². The van der Waals surface area contributed by atoms with E-state index in [9.17, 15) is 14.4 Å². The van der Waals surface area contributed by atoms with E-state index in [1.165, 1.54) is 24.7 Å². The van der Waals surface area contributed by atoms with Crippen LogP contribution in [0.3, 0.4) is 0 Å². The van der Waals surface area contributed by atoms with E-state index >= 15 is 0 Å². The number of carbonyl (C=O) groups excluding carboxylic acids is 1. The van der Waals surface area contributed by atoms with Crippen molar-refractivity contribution in [1.82, 2.24) is 19.1 Å². The lowest BCUT2D eigenvalue weighted by Crippen LogP contribution is -2.38. The summed E-state index contributed by atoms with van der Waals surface area (Å²) >= 11 is 0. The molecule has 0 atom stereocenters. The summed E-state index contributed by atoms with van der Waals surface area (Å²) in [7, 11) is 2.90. The Bertz CT molecular complexity index is 797. The standard InChI is InChI=1S/C14H17N5O4/c1-18-10(8-11(20)19(2)14(18)22)9-23-12(21)4-7-17-13-15-5-3-6-16-13/h3,5-6,8H,4,7,9H2,1-2H3,(H,15,16,17). The molecule has 0 aliphatic carbocycles. The summed E-state index contributed by atoms with van der Waals surface area (Å²) in [4.78, 5) is 42.9. The van der Waals surface area contributed by atoms with E-state index in [2.05, 4.69) is 15.3 Å². The Morgan fingerprint density at radius 3 is 2.61 bits per heavy atom. The van der Waals surface area contributed by atoms with Crippen molar-refractivity contribution in [1.29, 1.82) is 0 Å². The minimum absolute atomic E-state index is 0.108. The largest absolute Gasteiger partial charge is 0.459 e. The first-order chi connectivity index (χ1) is 11.0. The van der Waals surface area contributed by atoms with Gasteiger partial charge in [-0.2, -0.15) is 0 Å². The second kappa shape index (κ2) is 7.34. The summed E-state index contributed by atoms with van der Waals surface area (Å²) in [6, 6.07) is 2.96. The molecular formula is C14H17N5O4. The number of aromatic nitrogens is 4. The molecule has 1 N–H and O–H groups in total. The van der Waals surface area contributed by atoms with Crippen molar-refractivity contribution in [2.24, 2.45) is 14.1 Å². The Morgan fingerprint density at radius 2 is 1.91 bits per heavy atom. The Hall–Kier alpha value is -2.97. The molecule has 0 saturated heterocycles. The molecule has 2 aromatic rings. The summed E-state index contributed by atoms with van der Waals surface area (Å²) in [5.41, 5.74) is -0.570. The predicted octanol–water partition coefficient (Wildman–Crippen LogP) is -0.581. The van der Waals surface area contributed by atoms with Crippen molar-refractivity contribution in [3.05, 3.63) is 51.1 Å². The van der Waals surface area contributed by atoms with Gasteiger partial charge < -0.3 is 10.1 Å². The van der Waals surface area contributed by atoms with Crippen LogP contribution >= 0.6 is 0 Å². The first kappa shape index (κ1) is 16.4. The molecule has 0 bridgehead atoms. The van der Waals surface area contributed by atoms with Gasteiger partial charge in [-0.3, -0.25) is 18.7 Å². The van der Waals surface area contributed by atoms with E-state index in [-0.39, 0.29) is 13.0 Å². The number of esters is 1. The zero-order valence-corrected chi connectivity index (χ0v) is 12.9. The fraction of sp³-hybridized carbons (Fsp3) is 0.357. The lowest BCUT2D eigenvalue weighted by atomic mass is 10.4. The molecule has 0 aliphatic heterocycles. The summed E-state index contributed by atoms with van der Waals surface area (Å²) in [5, 5.41) is 2.88. The molecule has 0 unspecified atom stereocenters. The molecule has 0 spiro atoms. The third-order valence-corrected chi connectivity index (χ3v) is 3.18. The van der Waals surface area contributed by atoms with Gasteiger partial charge in [0.25, 0.3) is 5.56 Å². The van der Waals surface area contributed by atoms with Crippen LogP contribution in [-0.2, 0) is 30.2 Å². The Kier molecular flexibility index (Phi) is 5.23. The molecule has 122 valence electrons. The normalized spacial score (nSPS) is 10.3. The fourth-order valence-corrected chi connectivity index (χ4v) is 1.81. The van der Waals surface area contributed by atoms with Crippen LogP contribution in [0.15, 0.2) is 34.1 Å². The lowest BCUT2D eigenvalue weighted by molar-refractivity contribution is -0.144. The Balaban J connectivity index is 1.85. The van der Waals surface area contributed by atoms with E-state index < -0.39 is 17.2 Å². The lowest BCUT2D eigenvalue weighted by Gasteiger charge is -2.10. The molecule has 23 heavy (non-hydrogen) atoms. The quantitative estimate of drug-likeness (QED) is 0.710. The molecule has 9 heteroatoms. The van der Waals surface area contributed by atoms with E-state index in [1.807, 2.05) is 0 Å². The van der Waals surface area contributed by atoms with Crippen LogP contribution in [0.4, 0.5) is 5.95 Å². The Labute approximate surface area is 131 Å². The SMILES string of the molecule is Cn1c(COC(=O)CCNc2ncccn2)cc(=O)n(C)c1=O. The van der Waals surface area contributed by atoms with Gasteiger partial charge in [-0.1, -0.05) is 0 Å². The van der Waals surface area contributed by atoms with Gasteiger partial charge in [0.2, 0.25) is 5.95 Å². The second-order valence-electron chi connectivity index (χ2n) is 4.78. The highest BCUT2D eigenvalue weighted by molar-refractivity contribution is 5.69. The second-order valence-corrected chi connectivity index (χ2v) is 4.78. The van der Waals surface area contributed by atoms with Gasteiger partial charge in [-0.25, -0.2) is 14.8 Å². The summed E-state index contributed by atoms with van der Waals surface area (Å²) in [6.45, 7) is 0.181. The highest BCUT2D eigenvalue weighted by atomic mass is 16.5. The maximum absolute atomic E-state index is 11.7. The summed E-state index contributed by atoms with van der Waals surface area (Å²) in [6.07, 6.45) is 3.28. The van der Waals surface area contributed by atoms with Crippen LogP contribution in [0.2, 0.25) is 0 Å². The van der Waals surface area contributed by atoms with Crippen molar-refractivity contribution in [2.45, 2.75) is 13.0 Å². The number of anilines is 1. The van der Waals surface area contributed by atoms with Crippen LogP contribution in [0.25, 0.3) is 0 Å². The number of nitrogens with one attached hydrogen (secondary N) is 1. The van der Waals surface area contributed by atoms with Crippen LogP contribution in [-0.4, -0.2) is 31.6 Å². The summed E-state index contributed by atoms with van der Waals surface area (Å²) in [5.74, 6) is -0.0317. The number of rotatable bonds is 6. The van der Waals surface area contributed by atoms with Gasteiger partial charge >= 0.3 is 11.7 Å². The van der Waals surface area contributed by atoms with Crippen LogP contribution in [0.1, 0.15) is 12.1 Å². The first-order valence-electron chi connectivity index (χ1n) is 6.91. The molecule has 2 aromatic heterocycles. The third kappa shape index (κ3) is 4.25. The zero-order valence-electron chi connectivity index (χ0n) is 12.9. The monoisotopic (exact) mass is 319 g/mol. The van der Waals surface area contributed by atoms with Gasteiger partial charge in [0, 0.05) is 39.1 Å². The smallest absolute Gasteiger partial charge is 0.330 e. The van der Waals surface area contributed by atoms with Crippen LogP contribution < -0.4 is 16.6 Å². The average Bonchev–Trinajstić information content (AvgIpc) is 2.56. The van der Waals surface area contributed by atoms with Gasteiger partial charge in [0.15, 0.2) is 0 Å². The topological polar surface area (TPSA) is 108 Å². The molecule has 0 saturated carbocycles. The Morgan fingerprint density at radius 1 is 1.22 bits per heavy atom. The van der Waals surface area contributed by atoms with E-state index in [0.29, 0.717) is 18.2 Å². The van der Waals surface area contributed by atoms with Gasteiger partial charge in [0.05, 0.1) is 12.1 Å². The maximum Gasteiger partial charge on any atom is 0.330 e. The number of hydrogen-bond donors (Lipinski definition) is 1. The van der Waals surface area contributed by atoms with Crippen molar-refractivity contribution in [3.63, 3.8) is 0 Å². The maximum atomic E-state index is 11.7. The number of nitrogens with zero attached hydrogens (tertiary/aromatic N) is 4. The van der Waals surface area contributed by atoms with Gasteiger partial charge in [-0.15, -0.1) is 0 Å². The molecular weight excluding hydrogens is 302 g/mol. The number of ether oxygens (including phenoxy) is 1. The van der Waals surface area contributed by atoms with Gasteiger partial charge in [-0.05, 0) is 6.07 Å². The molecule has 0 amide bonds. The highest BCUT2D eigenvalue weighted by Gasteiger charge is 2.09. The fourth-order valence-electron chi connectivity index (χ4n) is 1.81. The number of carbonyl (C=O) groups is 1. The van der Waals surface area contributed by atoms with E-state index in [4.69, 9.17) is 4.74 Å². The molecule has 0 radical (unpaired) electrons. The molecule has 0 aliphatic rings. The first-order valence-corrected chi connectivity index (χ1v) is 6.91. The minimum atomic E-state index is -0.466. The van der Waals surface area contributed by atoms with E-state index in [0.717, 1.165) is 4.57 Å². The molecule has 2 rings (SSSR count). The number of hydrogen-bond acceptors (Lipinski definition) is 7. The average molecular weight is 319 g/mol. The third-order valence-electron chi connectivity index (χ3n) is 3.18. The highest BCUT2D eigenvalue weighted by Crippen LogP contribution is 1.99. The predicted molar refractivity (Wildman–Crippen MR) is 81.9 cm³/mol. The van der Waals surface area contributed by atoms with Crippen molar-refractivity contribution >= 4 is 11.9 Å². The summed E-state index contributed by atoms with van der Waals surface area (Å²) < 4.78 is 7.32. The van der Waals surface area contributed by atoms with Crippen LogP contribution in [0.5, 0.6) is 0 Å². The molecule has 9 nitrogen and oxygen atoms in total. The minimum Gasteiger partial charge on any atom is -0.459 e. The van der Waals surface area contributed by atoms with Crippen LogP contribution in [0, 0.1) is 0 Å². The zero-order chi connectivity index (χ0) is 16.8. The molecule has 0 aromatic carbocycles. The van der Waals surface area contributed by atoms with Crippen molar-refractivity contribution < 1.29 is 9.53 Å². The van der Waals surface area contributed by atoms with Crippen molar-refractivity contribution in [2.75, 3.05) is 11.9 Å².